The Kier molecular flexibility index (Phi) is 6.54. The molecule has 0 radical (unpaired) electrons. The number of ether oxygens (including phenoxy) is 1. The van der Waals surface area contributed by atoms with Gasteiger partial charge in [-0.3, -0.25) is 4.79 Å². The van der Waals surface area contributed by atoms with Crippen LogP contribution in [0.2, 0.25) is 0 Å². The number of amides is 1. The molecule has 3 heteroatoms. The molecule has 0 N–H and O–H groups in total. The van der Waals surface area contributed by atoms with Crippen LogP contribution in [-0.4, -0.2) is 36.6 Å². The first-order chi connectivity index (χ1) is 6.49. The number of carbonyl (C=O) groups excluding carboxylic acids is 1. The predicted molar refractivity (Wildman–Crippen MR) is 58.2 cm³/mol. The van der Waals surface area contributed by atoms with Crippen molar-refractivity contribution in [3.05, 3.63) is 0 Å². The molecule has 0 aliphatic rings. The summed E-state index contributed by atoms with van der Waals surface area (Å²) in [6.45, 7) is 11.8. The summed E-state index contributed by atoms with van der Waals surface area (Å²) in [5, 5.41) is 0. The van der Waals surface area contributed by atoms with Crippen molar-refractivity contribution in [3.8, 4) is 0 Å². The molecular weight excluding hydrogens is 178 g/mol. The normalized spacial score (nSPS) is 11.1. The molecular formula is C11H23NO2. The molecule has 3 nitrogen and oxygen atoms in total. The Morgan fingerprint density at radius 3 is 2.21 bits per heavy atom. The highest BCUT2D eigenvalue weighted by Crippen LogP contribution is 2.04. The van der Waals surface area contributed by atoms with Crippen LogP contribution in [0.1, 0.15) is 34.6 Å². The lowest BCUT2D eigenvalue weighted by atomic mass is 10.2. The SMILES string of the molecule is CCOCC(=O)N(CC(C)C)C(C)C. The Balaban J connectivity index is 4.12. The van der Waals surface area contributed by atoms with Crippen LogP contribution < -0.4 is 0 Å². The molecule has 0 aromatic rings. The van der Waals surface area contributed by atoms with Gasteiger partial charge in [0, 0.05) is 19.2 Å². The third-order valence-electron chi connectivity index (χ3n) is 1.94. The lowest BCUT2D eigenvalue weighted by Gasteiger charge is -2.28. The fourth-order valence-electron chi connectivity index (χ4n) is 1.27. The molecule has 1 amide bonds. The second kappa shape index (κ2) is 6.82. The number of nitrogens with zero attached hydrogens (tertiary/aromatic N) is 1. The summed E-state index contributed by atoms with van der Waals surface area (Å²) in [5.74, 6) is 0.596. The number of carbonyl (C=O) groups is 1. The van der Waals surface area contributed by atoms with Gasteiger partial charge in [-0.15, -0.1) is 0 Å². The van der Waals surface area contributed by atoms with Crippen LogP contribution in [0.15, 0.2) is 0 Å². The molecule has 0 aromatic carbocycles. The van der Waals surface area contributed by atoms with E-state index in [0.29, 0.717) is 12.5 Å². The zero-order valence-corrected chi connectivity index (χ0v) is 10.0. The van der Waals surface area contributed by atoms with Crippen molar-refractivity contribution in [2.75, 3.05) is 19.8 Å². The van der Waals surface area contributed by atoms with E-state index in [4.69, 9.17) is 4.74 Å². The Bertz CT molecular complexity index is 167. The monoisotopic (exact) mass is 201 g/mol. The van der Waals surface area contributed by atoms with Crippen molar-refractivity contribution in [2.24, 2.45) is 5.92 Å². The van der Waals surface area contributed by atoms with Gasteiger partial charge in [0.2, 0.25) is 5.91 Å². The van der Waals surface area contributed by atoms with Crippen LogP contribution in [0.4, 0.5) is 0 Å². The molecule has 0 unspecified atom stereocenters. The van der Waals surface area contributed by atoms with E-state index >= 15 is 0 Å². The molecule has 0 aromatic heterocycles. The summed E-state index contributed by atoms with van der Waals surface area (Å²) < 4.78 is 5.12. The van der Waals surface area contributed by atoms with E-state index in [-0.39, 0.29) is 18.6 Å². The van der Waals surface area contributed by atoms with E-state index in [1.165, 1.54) is 0 Å². The highest BCUT2D eigenvalue weighted by atomic mass is 16.5. The van der Waals surface area contributed by atoms with Gasteiger partial charge in [-0.2, -0.15) is 0 Å². The predicted octanol–water partition coefficient (Wildman–Crippen LogP) is 1.92. The van der Waals surface area contributed by atoms with Crippen molar-refractivity contribution >= 4 is 5.91 Å². The molecule has 0 fully saturated rings. The van der Waals surface area contributed by atoms with E-state index in [9.17, 15) is 4.79 Å². The van der Waals surface area contributed by atoms with Crippen molar-refractivity contribution in [3.63, 3.8) is 0 Å². The van der Waals surface area contributed by atoms with Crippen molar-refractivity contribution in [2.45, 2.75) is 40.7 Å². The van der Waals surface area contributed by atoms with Crippen LogP contribution in [0.3, 0.4) is 0 Å². The van der Waals surface area contributed by atoms with Gasteiger partial charge in [0.25, 0.3) is 0 Å². The smallest absolute Gasteiger partial charge is 0.248 e. The molecule has 0 atom stereocenters. The molecule has 0 heterocycles. The van der Waals surface area contributed by atoms with E-state index in [1.54, 1.807) is 0 Å². The number of hydrogen-bond acceptors (Lipinski definition) is 2. The Morgan fingerprint density at radius 1 is 1.29 bits per heavy atom. The maximum Gasteiger partial charge on any atom is 0.248 e. The average Bonchev–Trinajstić information content (AvgIpc) is 2.09. The fraction of sp³-hybridized carbons (Fsp3) is 0.909. The summed E-state index contributed by atoms with van der Waals surface area (Å²) in [6, 6.07) is 0.255. The summed E-state index contributed by atoms with van der Waals surface area (Å²) in [6.07, 6.45) is 0. The lowest BCUT2D eigenvalue weighted by molar-refractivity contribution is -0.138. The minimum Gasteiger partial charge on any atom is -0.372 e. The lowest BCUT2D eigenvalue weighted by Crippen LogP contribution is -2.41. The van der Waals surface area contributed by atoms with Crippen molar-refractivity contribution in [1.82, 2.24) is 4.90 Å². The summed E-state index contributed by atoms with van der Waals surface area (Å²) in [5.41, 5.74) is 0. The van der Waals surface area contributed by atoms with Crippen molar-refractivity contribution < 1.29 is 9.53 Å². The zero-order valence-electron chi connectivity index (χ0n) is 10.0. The third-order valence-corrected chi connectivity index (χ3v) is 1.94. The highest BCUT2D eigenvalue weighted by molar-refractivity contribution is 5.77. The van der Waals surface area contributed by atoms with E-state index in [2.05, 4.69) is 13.8 Å². The Labute approximate surface area is 87.4 Å². The Morgan fingerprint density at radius 2 is 1.86 bits per heavy atom. The van der Waals surface area contributed by atoms with Crippen LogP contribution in [0.5, 0.6) is 0 Å². The van der Waals surface area contributed by atoms with Gasteiger partial charge in [0.1, 0.15) is 6.61 Å². The molecule has 0 bridgehead atoms. The largest absolute Gasteiger partial charge is 0.372 e. The zero-order chi connectivity index (χ0) is 11.1. The molecule has 0 rings (SSSR count). The summed E-state index contributed by atoms with van der Waals surface area (Å²) in [4.78, 5) is 13.6. The van der Waals surface area contributed by atoms with Crippen LogP contribution in [-0.2, 0) is 9.53 Å². The van der Waals surface area contributed by atoms with Crippen LogP contribution in [0, 0.1) is 5.92 Å². The molecule has 0 saturated carbocycles. The van der Waals surface area contributed by atoms with E-state index in [1.807, 2.05) is 25.7 Å². The van der Waals surface area contributed by atoms with Crippen molar-refractivity contribution in [1.29, 1.82) is 0 Å². The first-order valence-electron chi connectivity index (χ1n) is 5.36. The first-order valence-corrected chi connectivity index (χ1v) is 5.36. The molecule has 0 spiro atoms. The second-order valence-electron chi connectivity index (χ2n) is 4.17. The van der Waals surface area contributed by atoms with Gasteiger partial charge < -0.3 is 9.64 Å². The molecule has 0 aliphatic carbocycles. The summed E-state index contributed by atoms with van der Waals surface area (Å²) >= 11 is 0. The fourth-order valence-corrected chi connectivity index (χ4v) is 1.27. The van der Waals surface area contributed by atoms with Gasteiger partial charge in [-0.25, -0.2) is 0 Å². The van der Waals surface area contributed by atoms with Crippen LogP contribution in [0.25, 0.3) is 0 Å². The van der Waals surface area contributed by atoms with Gasteiger partial charge >= 0.3 is 0 Å². The van der Waals surface area contributed by atoms with E-state index < -0.39 is 0 Å². The standard InChI is InChI=1S/C11H23NO2/c1-6-14-8-11(13)12(10(4)5)7-9(2)3/h9-10H,6-8H2,1-5H3. The van der Waals surface area contributed by atoms with E-state index in [0.717, 1.165) is 6.54 Å². The maximum atomic E-state index is 11.7. The topological polar surface area (TPSA) is 29.5 Å². The first kappa shape index (κ1) is 13.4. The minimum atomic E-state index is 0.0931. The number of rotatable bonds is 6. The maximum absolute atomic E-state index is 11.7. The molecule has 14 heavy (non-hydrogen) atoms. The molecule has 0 aliphatic heterocycles. The minimum absolute atomic E-state index is 0.0931. The average molecular weight is 201 g/mol. The highest BCUT2D eigenvalue weighted by Gasteiger charge is 2.17. The molecule has 0 saturated heterocycles. The number of hydrogen-bond donors (Lipinski definition) is 0. The van der Waals surface area contributed by atoms with Gasteiger partial charge in [0.05, 0.1) is 0 Å². The quantitative estimate of drug-likeness (QED) is 0.657. The third kappa shape index (κ3) is 5.22. The second-order valence-corrected chi connectivity index (χ2v) is 4.17. The van der Waals surface area contributed by atoms with Gasteiger partial charge in [0.15, 0.2) is 0 Å². The van der Waals surface area contributed by atoms with Crippen LogP contribution >= 0.6 is 0 Å². The van der Waals surface area contributed by atoms with Gasteiger partial charge in [-0.1, -0.05) is 13.8 Å². The summed E-state index contributed by atoms with van der Waals surface area (Å²) in [7, 11) is 0. The molecule has 84 valence electrons. The Hall–Kier alpha value is -0.570. The van der Waals surface area contributed by atoms with Gasteiger partial charge in [-0.05, 0) is 26.7 Å².